The molecule has 1 aliphatic rings. The van der Waals surface area contributed by atoms with Crippen LogP contribution in [0, 0.1) is 18.8 Å². The summed E-state index contributed by atoms with van der Waals surface area (Å²) in [6, 6.07) is 9.55. The van der Waals surface area contributed by atoms with E-state index in [9.17, 15) is 0 Å². The third-order valence-electron chi connectivity index (χ3n) is 5.25. The molecule has 0 unspecified atom stereocenters. The number of pyridine rings is 1. The van der Waals surface area contributed by atoms with E-state index in [1.807, 2.05) is 37.3 Å². The van der Waals surface area contributed by atoms with Gasteiger partial charge in [0.05, 0.1) is 7.11 Å². The Balaban J connectivity index is 1.58. The maximum absolute atomic E-state index is 6.04. The lowest BCUT2D eigenvalue weighted by atomic mass is 10.1. The van der Waals surface area contributed by atoms with Crippen molar-refractivity contribution in [3.63, 3.8) is 0 Å². The van der Waals surface area contributed by atoms with E-state index in [0.717, 1.165) is 36.5 Å². The maximum atomic E-state index is 6.04. The number of rotatable bonds is 5. The van der Waals surface area contributed by atoms with Crippen molar-refractivity contribution >= 4 is 11.2 Å². The number of nitrogens with zero attached hydrogens (tertiary/aromatic N) is 4. The van der Waals surface area contributed by atoms with Crippen molar-refractivity contribution in [3.05, 3.63) is 53.3 Å². The van der Waals surface area contributed by atoms with E-state index in [1.165, 1.54) is 19.3 Å². The fourth-order valence-electron chi connectivity index (χ4n) is 3.54. The van der Waals surface area contributed by atoms with E-state index in [1.54, 1.807) is 13.3 Å². The van der Waals surface area contributed by atoms with Crippen molar-refractivity contribution in [1.82, 2.24) is 19.9 Å². The van der Waals surface area contributed by atoms with Gasteiger partial charge in [0.1, 0.15) is 17.9 Å². The number of hydrogen-bond donors (Lipinski definition) is 0. The van der Waals surface area contributed by atoms with Gasteiger partial charge in [-0.2, -0.15) is 0 Å². The Morgan fingerprint density at radius 1 is 1.07 bits per heavy atom. The molecule has 0 amide bonds. The summed E-state index contributed by atoms with van der Waals surface area (Å²) in [7, 11) is 1.66. The predicted octanol–water partition coefficient (Wildman–Crippen LogP) is 3.61. The first-order valence-corrected chi connectivity index (χ1v) is 10.4. The molecule has 1 aromatic carbocycles. The Labute approximate surface area is 177 Å². The smallest absolute Gasteiger partial charge is 0.249 e. The lowest BCUT2D eigenvalue weighted by Gasteiger charge is -2.26. The molecule has 30 heavy (non-hydrogen) atoms. The average Bonchev–Trinajstić information content (AvgIpc) is 2.79. The van der Waals surface area contributed by atoms with Gasteiger partial charge in [0.15, 0.2) is 11.3 Å². The predicted molar refractivity (Wildman–Crippen MR) is 117 cm³/mol. The first-order chi connectivity index (χ1) is 14.7. The summed E-state index contributed by atoms with van der Waals surface area (Å²) < 4.78 is 11.3. The van der Waals surface area contributed by atoms with E-state index in [4.69, 9.17) is 9.47 Å². The van der Waals surface area contributed by atoms with Crippen molar-refractivity contribution in [3.8, 4) is 23.5 Å². The van der Waals surface area contributed by atoms with Crippen molar-refractivity contribution in [2.45, 2.75) is 26.2 Å². The van der Waals surface area contributed by atoms with Gasteiger partial charge in [-0.25, -0.2) is 15.0 Å². The zero-order chi connectivity index (χ0) is 20.8. The van der Waals surface area contributed by atoms with Gasteiger partial charge in [-0.15, -0.1) is 0 Å². The second kappa shape index (κ2) is 9.55. The van der Waals surface area contributed by atoms with Gasteiger partial charge in [-0.1, -0.05) is 12.3 Å². The molecule has 0 spiro atoms. The number of piperidine rings is 1. The normalized spacial score (nSPS) is 14.2. The summed E-state index contributed by atoms with van der Waals surface area (Å²) in [6.45, 7) is 5.74. The van der Waals surface area contributed by atoms with Crippen LogP contribution in [-0.2, 0) is 0 Å². The SMILES string of the molecule is COc1ccc(C#Cc2nc3ncccc3nc2OCCN2CCCCC2)c(C)c1. The highest BCUT2D eigenvalue weighted by atomic mass is 16.5. The second-order valence-electron chi connectivity index (χ2n) is 7.41. The number of likely N-dealkylation sites (tertiary alicyclic amines) is 1. The molecule has 2 aromatic heterocycles. The molecule has 0 aliphatic carbocycles. The summed E-state index contributed by atoms with van der Waals surface area (Å²) in [6.07, 6.45) is 5.56. The fraction of sp³-hybridized carbons (Fsp3) is 0.375. The van der Waals surface area contributed by atoms with Gasteiger partial charge >= 0.3 is 0 Å². The summed E-state index contributed by atoms with van der Waals surface area (Å²) in [5.41, 5.74) is 3.74. The topological polar surface area (TPSA) is 60.4 Å². The molecular formula is C24H26N4O2. The van der Waals surface area contributed by atoms with Crippen molar-refractivity contribution in [2.24, 2.45) is 0 Å². The molecule has 0 bridgehead atoms. The van der Waals surface area contributed by atoms with E-state index < -0.39 is 0 Å². The number of benzene rings is 1. The zero-order valence-corrected chi connectivity index (χ0v) is 17.5. The van der Waals surface area contributed by atoms with Crippen LogP contribution in [0.1, 0.15) is 36.1 Å². The van der Waals surface area contributed by atoms with E-state index in [-0.39, 0.29) is 0 Å². The monoisotopic (exact) mass is 402 g/mol. The molecule has 1 aliphatic heterocycles. The first kappa shape index (κ1) is 20.1. The van der Waals surface area contributed by atoms with Crippen LogP contribution in [0.4, 0.5) is 0 Å². The maximum Gasteiger partial charge on any atom is 0.249 e. The molecular weight excluding hydrogens is 376 g/mol. The molecule has 6 nitrogen and oxygen atoms in total. The van der Waals surface area contributed by atoms with Gasteiger partial charge < -0.3 is 9.47 Å². The molecule has 3 aromatic rings. The molecule has 0 N–H and O–H groups in total. The lowest BCUT2D eigenvalue weighted by Crippen LogP contribution is -2.33. The summed E-state index contributed by atoms with van der Waals surface area (Å²) in [4.78, 5) is 16.0. The van der Waals surface area contributed by atoms with E-state index in [2.05, 4.69) is 31.7 Å². The van der Waals surface area contributed by atoms with Crippen LogP contribution >= 0.6 is 0 Å². The van der Waals surface area contributed by atoms with Gasteiger partial charge in [0, 0.05) is 18.3 Å². The molecule has 3 heterocycles. The number of ether oxygens (including phenoxy) is 2. The van der Waals surface area contributed by atoms with Crippen LogP contribution in [0.15, 0.2) is 36.5 Å². The van der Waals surface area contributed by atoms with Gasteiger partial charge in [-0.3, -0.25) is 4.90 Å². The van der Waals surface area contributed by atoms with Crippen LogP contribution in [0.25, 0.3) is 11.2 Å². The van der Waals surface area contributed by atoms with Crippen LogP contribution < -0.4 is 9.47 Å². The molecule has 6 heteroatoms. The summed E-state index contributed by atoms with van der Waals surface area (Å²) in [5.74, 6) is 7.62. The molecule has 0 atom stereocenters. The number of fused-ring (bicyclic) bond motifs is 1. The van der Waals surface area contributed by atoms with Crippen molar-refractivity contribution < 1.29 is 9.47 Å². The second-order valence-corrected chi connectivity index (χ2v) is 7.41. The van der Waals surface area contributed by atoms with Crippen LogP contribution in [0.5, 0.6) is 11.6 Å². The molecule has 0 radical (unpaired) electrons. The highest BCUT2D eigenvalue weighted by Crippen LogP contribution is 2.19. The van der Waals surface area contributed by atoms with Gasteiger partial charge in [0.25, 0.3) is 0 Å². The van der Waals surface area contributed by atoms with E-state index in [0.29, 0.717) is 29.3 Å². The number of methoxy groups -OCH3 is 1. The highest BCUT2D eigenvalue weighted by Gasteiger charge is 2.12. The molecule has 1 saturated heterocycles. The molecule has 0 saturated carbocycles. The Hall–Kier alpha value is -3.17. The Morgan fingerprint density at radius 2 is 1.93 bits per heavy atom. The third kappa shape index (κ3) is 4.87. The number of aryl methyl sites for hydroxylation is 1. The molecule has 154 valence electrons. The average molecular weight is 402 g/mol. The van der Waals surface area contributed by atoms with Gasteiger partial charge in [-0.05, 0) is 74.7 Å². The minimum absolute atomic E-state index is 0.464. The summed E-state index contributed by atoms with van der Waals surface area (Å²) in [5, 5.41) is 0. The van der Waals surface area contributed by atoms with Gasteiger partial charge in [0.2, 0.25) is 5.88 Å². The molecule has 1 fully saturated rings. The fourth-order valence-corrected chi connectivity index (χ4v) is 3.54. The Morgan fingerprint density at radius 3 is 2.73 bits per heavy atom. The molecule has 4 rings (SSSR count). The quantitative estimate of drug-likeness (QED) is 0.608. The zero-order valence-electron chi connectivity index (χ0n) is 17.5. The van der Waals surface area contributed by atoms with Crippen LogP contribution in [0.2, 0.25) is 0 Å². The minimum Gasteiger partial charge on any atom is -0.497 e. The number of aromatic nitrogens is 3. The Bertz CT molecular complexity index is 1080. The van der Waals surface area contributed by atoms with Crippen LogP contribution in [0.3, 0.4) is 0 Å². The largest absolute Gasteiger partial charge is 0.497 e. The third-order valence-corrected chi connectivity index (χ3v) is 5.25. The standard InChI is InChI=1S/C24H26N4O2/c1-18-17-20(29-2)10-8-19(18)9-11-22-24(27-21-7-6-12-25-23(21)26-22)30-16-15-28-13-4-3-5-14-28/h6-8,10,12,17H,3-5,13-16H2,1-2H3. The van der Waals surface area contributed by atoms with Crippen molar-refractivity contribution in [1.29, 1.82) is 0 Å². The highest BCUT2D eigenvalue weighted by molar-refractivity contribution is 5.71. The minimum atomic E-state index is 0.464. The number of hydrogen-bond acceptors (Lipinski definition) is 6. The first-order valence-electron chi connectivity index (χ1n) is 10.4. The van der Waals surface area contributed by atoms with Crippen molar-refractivity contribution in [2.75, 3.05) is 33.4 Å². The van der Waals surface area contributed by atoms with E-state index >= 15 is 0 Å². The van der Waals surface area contributed by atoms with Crippen LogP contribution in [-0.4, -0.2) is 53.2 Å². The summed E-state index contributed by atoms with van der Waals surface area (Å²) >= 11 is 0. The lowest BCUT2D eigenvalue weighted by molar-refractivity contribution is 0.180. The Kier molecular flexibility index (Phi) is 6.41.